The molecule has 2 aromatic rings. The molecule has 0 amide bonds. The van der Waals surface area contributed by atoms with Gasteiger partial charge in [-0.15, -0.1) is 0 Å². The first kappa shape index (κ1) is 17.6. The summed E-state index contributed by atoms with van der Waals surface area (Å²) in [7, 11) is 0. The molecule has 19 heavy (non-hydrogen) atoms. The van der Waals surface area contributed by atoms with Crippen LogP contribution in [-0.2, 0) is 44.7 Å². The van der Waals surface area contributed by atoms with E-state index in [4.69, 9.17) is 0 Å². The van der Waals surface area contributed by atoms with Gasteiger partial charge in [0, 0.05) is 11.1 Å². The summed E-state index contributed by atoms with van der Waals surface area (Å²) >= 11 is 8.95. The minimum Gasteiger partial charge on any atom is -0.724 e. The summed E-state index contributed by atoms with van der Waals surface area (Å²) in [5.74, 6) is 5.54. The van der Waals surface area contributed by atoms with Crippen LogP contribution in [-0.4, -0.2) is 0 Å². The average Bonchev–Trinajstić information content (AvgIpc) is 2.43. The van der Waals surface area contributed by atoms with Crippen molar-refractivity contribution in [2.75, 3.05) is 0 Å². The van der Waals surface area contributed by atoms with Crippen molar-refractivity contribution in [3.63, 3.8) is 0 Å². The van der Waals surface area contributed by atoms with E-state index in [1.807, 2.05) is 60.7 Å². The van der Waals surface area contributed by atoms with Crippen molar-refractivity contribution in [3.05, 3.63) is 71.8 Å². The molecule has 2 rings (SSSR count). The standard InChI is InChI=1S/2C8H6S.Rh/c2*9-7-6-8-4-2-1-3-5-8;/h2*1-5,9H;/q;;+2/p-2. The normalized spacial score (nSPS) is 7.16. The number of rotatable bonds is 0. The van der Waals surface area contributed by atoms with Crippen LogP contribution in [0.2, 0.25) is 0 Å². The Kier molecular flexibility index (Phi) is 10.9. The SMILES string of the molecule is [Rh+2].[S-]C#Cc1ccccc1.[S-]C#Cc1ccccc1. The molecule has 0 aromatic heterocycles. The van der Waals surface area contributed by atoms with E-state index < -0.39 is 0 Å². The average molecular weight is 369 g/mol. The Bertz CT molecular complexity index is 517. The van der Waals surface area contributed by atoms with E-state index in [9.17, 15) is 0 Å². The smallest absolute Gasteiger partial charge is 0.724 e. The summed E-state index contributed by atoms with van der Waals surface area (Å²) in [4.78, 5) is 0. The molecular weight excluding hydrogens is 359 g/mol. The second-order valence-corrected chi connectivity index (χ2v) is 3.59. The van der Waals surface area contributed by atoms with E-state index in [2.05, 4.69) is 47.6 Å². The second kappa shape index (κ2) is 11.7. The molecule has 1 radical (unpaired) electrons. The van der Waals surface area contributed by atoms with Crippen molar-refractivity contribution >= 4 is 25.3 Å². The van der Waals surface area contributed by atoms with E-state index in [-0.39, 0.29) is 19.5 Å². The van der Waals surface area contributed by atoms with Crippen LogP contribution in [0, 0.1) is 22.3 Å². The molecule has 0 fully saturated rings. The molecule has 0 atom stereocenters. The van der Waals surface area contributed by atoms with Crippen LogP contribution in [0.15, 0.2) is 60.7 Å². The number of benzene rings is 2. The van der Waals surface area contributed by atoms with Gasteiger partial charge < -0.3 is 25.3 Å². The Morgan fingerprint density at radius 1 is 0.579 bits per heavy atom. The Balaban J connectivity index is 0.000000324. The molecule has 0 nitrogen and oxygen atoms in total. The summed E-state index contributed by atoms with van der Waals surface area (Å²) in [5, 5.41) is 4.83. The maximum Gasteiger partial charge on any atom is 2.00 e. The van der Waals surface area contributed by atoms with E-state index in [1.165, 1.54) is 0 Å². The van der Waals surface area contributed by atoms with Gasteiger partial charge in [0.15, 0.2) is 0 Å². The predicted octanol–water partition coefficient (Wildman–Crippen LogP) is 3.08. The van der Waals surface area contributed by atoms with Crippen molar-refractivity contribution in [2.24, 2.45) is 0 Å². The zero-order valence-corrected chi connectivity index (χ0v) is 13.2. The van der Waals surface area contributed by atoms with Gasteiger partial charge in [-0.25, -0.2) is 10.5 Å². The molecule has 0 bridgehead atoms. The van der Waals surface area contributed by atoms with Crippen molar-refractivity contribution in [1.29, 1.82) is 0 Å². The molecule has 0 heterocycles. The summed E-state index contributed by atoms with van der Waals surface area (Å²) < 4.78 is 0. The molecule has 0 aliphatic carbocycles. The van der Waals surface area contributed by atoms with Crippen LogP contribution in [0.25, 0.3) is 0 Å². The van der Waals surface area contributed by atoms with Crippen LogP contribution in [0.1, 0.15) is 11.1 Å². The fraction of sp³-hybridized carbons (Fsp3) is 0. The Morgan fingerprint density at radius 2 is 0.895 bits per heavy atom. The molecule has 0 unspecified atom stereocenters. The predicted molar refractivity (Wildman–Crippen MR) is 81.4 cm³/mol. The van der Waals surface area contributed by atoms with Crippen LogP contribution in [0.4, 0.5) is 0 Å². The summed E-state index contributed by atoms with van der Waals surface area (Å²) in [6.45, 7) is 0. The van der Waals surface area contributed by atoms with E-state index >= 15 is 0 Å². The van der Waals surface area contributed by atoms with Crippen molar-refractivity contribution in [2.45, 2.75) is 0 Å². The minimum absolute atomic E-state index is 0. The fourth-order valence-electron chi connectivity index (χ4n) is 1.16. The molecule has 3 heteroatoms. The van der Waals surface area contributed by atoms with Gasteiger partial charge in [0.2, 0.25) is 0 Å². The molecule has 0 saturated carbocycles. The van der Waals surface area contributed by atoms with Gasteiger partial charge in [-0.05, 0) is 24.3 Å². The van der Waals surface area contributed by atoms with Crippen molar-refractivity contribution in [1.82, 2.24) is 0 Å². The first-order chi connectivity index (χ1) is 8.86. The fourth-order valence-corrected chi connectivity index (χ4v) is 1.40. The quantitative estimate of drug-likeness (QED) is 0.398. The maximum absolute atomic E-state index is 4.47. The zero-order chi connectivity index (χ0) is 13.1. The summed E-state index contributed by atoms with van der Waals surface area (Å²) in [6, 6.07) is 19.4. The maximum atomic E-state index is 4.47. The third-order valence-corrected chi connectivity index (χ3v) is 2.14. The monoisotopic (exact) mass is 369 g/mol. The topological polar surface area (TPSA) is 0 Å². The van der Waals surface area contributed by atoms with E-state index in [0.29, 0.717) is 0 Å². The van der Waals surface area contributed by atoms with Gasteiger partial charge in [-0.1, -0.05) is 48.2 Å². The largest absolute Gasteiger partial charge is 2.00 e. The van der Waals surface area contributed by atoms with Crippen LogP contribution in [0.3, 0.4) is 0 Å². The third-order valence-electron chi connectivity index (χ3n) is 1.94. The molecule has 0 aliphatic heterocycles. The number of hydrogen-bond acceptors (Lipinski definition) is 2. The molecule has 95 valence electrons. The molecule has 0 N–H and O–H groups in total. The Labute approximate surface area is 138 Å². The second-order valence-electron chi connectivity index (χ2n) is 3.19. The number of hydrogen-bond donors (Lipinski definition) is 0. The summed E-state index contributed by atoms with van der Waals surface area (Å²) in [5.41, 5.74) is 1.96. The van der Waals surface area contributed by atoms with Gasteiger partial charge >= 0.3 is 19.5 Å². The van der Waals surface area contributed by atoms with Crippen molar-refractivity contribution < 1.29 is 19.5 Å². The van der Waals surface area contributed by atoms with Crippen LogP contribution in [0.5, 0.6) is 0 Å². The van der Waals surface area contributed by atoms with E-state index in [1.54, 1.807) is 0 Å². The van der Waals surface area contributed by atoms with Gasteiger partial charge in [-0.2, -0.15) is 0 Å². The van der Waals surface area contributed by atoms with Gasteiger partial charge in [-0.3, -0.25) is 0 Å². The third kappa shape index (κ3) is 8.36. The summed E-state index contributed by atoms with van der Waals surface area (Å²) in [6.07, 6.45) is 0. The Hall–Kier alpha value is -1.38. The molecule has 0 spiro atoms. The van der Waals surface area contributed by atoms with Crippen LogP contribution >= 0.6 is 0 Å². The minimum atomic E-state index is 0. The molecule has 0 saturated heterocycles. The molecular formula is C16H10RhS2. The first-order valence-corrected chi connectivity index (χ1v) is 6.05. The van der Waals surface area contributed by atoms with Gasteiger partial charge in [0.1, 0.15) is 0 Å². The molecule has 0 aliphatic rings. The van der Waals surface area contributed by atoms with Crippen LogP contribution < -0.4 is 0 Å². The van der Waals surface area contributed by atoms with E-state index in [0.717, 1.165) is 11.1 Å². The zero-order valence-electron chi connectivity index (χ0n) is 9.92. The molecule has 2 aromatic carbocycles. The Morgan fingerprint density at radius 3 is 1.16 bits per heavy atom. The van der Waals surface area contributed by atoms with Gasteiger partial charge in [0.25, 0.3) is 0 Å². The van der Waals surface area contributed by atoms with Gasteiger partial charge in [0.05, 0.1) is 0 Å². The van der Waals surface area contributed by atoms with Crippen molar-refractivity contribution in [3.8, 4) is 22.3 Å². The first-order valence-electron chi connectivity index (χ1n) is 5.23.